The van der Waals surface area contributed by atoms with Crippen molar-refractivity contribution in [1.29, 1.82) is 5.41 Å². The molecule has 0 radical (unpaired) electrons. The second kappa shape index (κ2) is 8.67. The third-order valence-corrected chi connectivity index (χ3v) is 3.71. The van der Waals surface area contributed by atoms with E-state index in [1.54, 1.807) is 7.11 Å². The molecule has 0 bridgehead atoms. The number of hydrogen-bond acceptors (Lipinski definition) is 3. The van der Waals surface area contributed by atoms with Crippen LogP contribution in [0.4, 0.5) is 0 Å². The van der Waals surface area contributed by atoms with Gasteiger partial charge in [-0.3, -0.25) is 5.41 Å². The van der Waals surface area contributed by atoms with Gasteiger partial charge in [0.15, 0.2) is 0 Å². The zero-order chi connectivity index (χ0) is 15.7. The summed E-state index contributed by atoms with van der Waals surface area (Å²) >= 11 is 0. The minimum absolute atomic E-state index is 0.205. The van der Waals surface area contributed by atoms with Crippen molar-refractivity contribution in [2.24, 2.45) is 11.1 Å². The lowest BCUT2D eigenvalue weighted by Gasteiger charge is -2.22. The Morgan fingerprint density at radius 3 is 2.38 bits per heavy atom. The van der Waals surface area contributed by atoms with E-state index in [9.17, 15) is 0 Å². The maximum Gasteiger partial charge on any atom is 0.119 e. The van der Waals surface area contributed by atoms with E-state index in [1.807, 2.05) is 26.0 Å². The van der Waals surface area contributed by atoms with Gasteiger partial charge >= 0.3 is 0 Å². The largest absolute Gasteiger partial charge is 0.494 e. The molecule has 1 aromatic rings. The first-order chi connectivity index (χ1) is 9.95. The zero-order valence-electron chi connectivity index (χ0n) is 13.4. The van der Waals surface area contributed by atoms with Crippen LogP contribution in [-0.4, -0.2) is 26.2 Å². The molecule has 0 aliphatic heterocycles. The maximum atomic E-state index is 7.52. The molecular weight excluding hydrogens is 264 g/mol. The van der Waals surface area contributed by atoms with Gasteiger partial charge in [-0.15, -0.1) is 0 Å². The second-order valence-corrected chi connectivity index (χ2v) is 5.99. The highest BCUT2D eigenvalue weighted by molar-refractivity contribution is 5.82. The Bertz CT molecular complexity index is 427. The molecule has 1 aromatic carbocycles. The molecule has 0 saturated carbocycles. The van der Waals surface area contributed by atoms with E-state index < -0.39 is 0 Å². The summed E-state index contributed by atoms with van der Waals surface area (Å²) in [4.78, 5) is 0. The summed E-state index contributed by atoms with van der Waals surface area (Å²) in [6.07, 6.45) is 3.83. The van der Waals surface area contributed by atoms with Crippen molar-refractivity contribution in [2.45, 2.75) is 39.5 Å². The van der Waals surface area contributed by atoms with E-state index >= 15 is 0 Å². The fraction of sp³-hybridized carbons (Fsp3) is 0.588. The zero-order valence-corrected chi connectivity index (χ0v) is 13.4. The summed E-state index contributed by atoms with van der Waals surface area (Å²) in [5.41, 5.74) is 6.62. The molecule has 0 aliphatic rings. The average Bonchev–Trinajstić information content (AvgIpc) is 2.45. The number of nitrogens with one attached hydrogen (secondary N) is 1. The molecule has 0 unspecified atom stereocenters. The third kappa shape index (κ3) is 6.63. The number of ether oxygens (including phenoxy) is 2. The number of rotatable bonds is 10. The first kappa shape index (κ1) is 17.5. The molecule has 0 saturated heterocycles. The van der Waals surface area contributed by atoms with Gasteiger partial charge in [-0.05, 0) is 43.4 Å². The fourth-order valence-corrected chi connectivity index (χ4v) is 1.97. The number of amidine groups is 1. The Balaban J connectivity index is 2.22. The molecule has 3 N–H and O–H groups in total. The summed E-state index contributed by atoms with van der Waals surface area (Å²) in [7, 11) is 1.71. The van der Waals surface area contributed by atoms with Crippen LogP contribution in [0, 0.1) is 10.8 Å². The minimum Gasteiger partial charge on any atom is -0.494 e. The molecule has 0 aliphatic carbocycles. The molecule has 0 atom stereocenters. The predicted molar refractivity (Wildman–Crippen MR) is 87.1 cm³/mol. The van der Waals surface area contributed by atoms with Crippen LogP contribution in [0.5, 0.6) is 5.75 Å². The summed E-state index contributed by atoms with van der Waals surface area (Å²) < 4.78 is 10.8. The number of hydrogen-bond donors (Lipinski definition) is 2. The van der Waals surface area contributed by atoms with Gasteiger partial charge < -0.3 is 15.2 Å². The van der Waals surface area contributed by atoms with Gasteiger partial charge in [0.2, 0.25) is 0 Å². The summed E-state index contributed by atoms with van der Waals surface area (Å²) in [5, 5.41) is 7.52. The first-order valence-corrected chi connectivity index (χ1v) is 7.51. The van der Waals surface area contributed by atoms with E-state index in [1.165, 1.54) is 5.56 Å². The number of unbranched alkanes of at least 4 members (excludes halogenated alkanes) is 1. The maximum absolute atomic E-state index is 7.52. The molecule has 4 heteroatoms. The third-order valence-electron chi connectivity index (χ3n) is 3.71. The topological polar surface area (TPSA) is 68.3 Å². The minimum atomic E-state index is -0.205. The average molecular weight is 292 g/mol. The van der Waals surface area contributed by atoms with E-state index in [-0.39, 0.29) is 11.3 Å². The molecule has 0 aromatic heterocycles. The predicted octanol–water partition coefficient (Wildman–Crippen LogP) is 3.39. The van der Waals surface area contributed by atoms with Crippen LogP contribution in [0.3, 0.4) is 0 Å². The number of methoxy groups -OCH3 is 1. The Labute approximate surface area is 128 Å². The van der Waals surface area contributed by atoms with Gasteiger partial charge in [0.1, 0.15) is 5.75 Å². The normalized spacial score (nSPS) is 11.4. The molecule has 1 rings (SSSR count). The highest BCUT2D eigenvalue weighted by Crippen LogP contribution is 2.22. The summed E-state index contributed by atoms with van der Waals surface area (Å²) in [5.74, 6) is 1.16. The highest BCUT2D eigenvalue weighted by Gasteiger charge is 2.20. The second-order valence-electron chi connectivity index (χ2n) is 5.99. The van der Waals surface area contributed by atoms with Crippen LogP contribution in [-0.2, 0) is 11.2 Å². The Kier molecular flexibility index (Phi) is 7.23. The van der Waals surface area contributed by atoms with Crippen LogP contribution in [0.15, 0.2) is 24.3 Å². The molecular formula is C17H28N2O2. The van der Waals surface area contributed by atoms with Crippen LogP contribution in [0.1, 0.15) is 38.7 Å². The summed E-state index contributed by atoms with van der Waals surface area (Å²) in [6, 6.07) is 8.16. The lowest BCUT2D eigenvalue weighted by Crippen LogP contribution is -2.30. The highest BCUT2D eigenvalue weighted by atomic mass is 16.5. The van der Waals surface area contributed by atoms with Gasteiger partial charge in [0.25, 0.3) is 0 Å². The van der Waals surface area contributed by atoms with E-state index in [0.29, 0.717) is 6.61 Å². The van der Waals surface area contributed by atoms with Gasteiger partial charge in [-0.1, -0.05) is 26.0 Å². The van der Waals surface area contributed by atoms with Gasteiger partial charge in [-0.25, -0.2) is 0 Å². The van der Waals surface area contributed by atoms with Crippen molar-refractivity contribution in [2.75, 3.05) is 20.3 Å². The lowest BCUT2D eigenvalue weighted by atomic mass is 9.86. The molecule has 0 amide bonds. The fourth-order valence-electron chi connectivity index (χ4n) is 1.97. The Morgan fingerprint density at radius 2 is 1.81 bits per heavy atom. The van der Waals surface area contributed by atoms with E-state index in [4.69, 9.17) is 20.6 Å². The van der Waals surface area contributed by atoms with Crippen LogP contribution in [0.2, 0.25) is 0 Å². The monoisotopic (exact) mass is 292 g/mol. The molecule has 21 heavy (non-hydrogen) atoms. The van der Waals surface area contributed by atoms with Crippen molar-refractivity contribution in [3.8, 4) is 5.75 Å². The molecule has 0 fully saturated rings. The molecule has 0 spiro atoms. The van der Waals surface area contributed by atoms with Crippen molar-refractivity contribution in [3.63, 3.8) is 0 Å². The SMILES string of the molecule is COCCc1ccc(OCCCCC(C)(C)C(=N)N)cc1. The number of nitrogens with two attached hydrogens (primary N) is 1. The molecule has 4 nitrogen and oxygen atoms in total. The Hall–Kier alpha value is -1.55. The first-order valence-electron chi connectivity index (χ1n) is 7.51. The smallest absolute Gasteiger partial charge is 0.119 e. The van der Waals surface area contributed by atoms with Gasteiger partial charge in [-0.2, -0.15) is 0 Å². The molecule has 0 heterocycles. The van der Waals surface area contributed by atoms with Gasteiger partial charge in [0, 0.05) is 12.5 Å². The van der Waals surface area contributed by atoms with E-state index in [2.05, 4.69) is 12.1 Å². The van der Waals surface area contributed by atoms with Crippen LogP contribution < -0.4 is 10.5 Å². The lowest BCUT2D eigenvalue weighted by molar-refractivity contribution is 0.202. The van der Waals surface area contributed by atoms with Crippen molar-refractivity contribution in [1.82, 2.24) is 0 Å². The van der Waals surface area contributed by atoms with E-state index in [0.717, 1.165) is 38.0 Å². The van der Waals surface area contributed by atoms with Crippen molar-refractivity contribution < 1.29 is 9.47 Å². The van der Waals surface area contributed by atoms with Gasteiger partial charge in [0.05, 0.1) is 19.0 Å². The van der Waals surface area contributed by atoms with Crippen molar-refractivity contribution in [3.05, 3.63) is 29.8 Å². The molecule has 118 valence electrons. The van der Waals surface area contributed by atoms with Crippen LogP contribution >= 0.6 is 0 Å². The standard InChI is InChI=1S/C17H28N2O2/c1-17(2,16(18)19)11-4-5-12-21-15-8-6-14(7-9-15)10-13-20-3/h6-9H,4-5,10-13H2,1-3H3,(H3,18,19). The van der Waals surface area contributed by atoms with Crippen LogP contribution in [0.25, 0.3) is 0 Å². The summed E-state index contributed by atoms with van der Waals surface area (Å²) in [6.45, 7) is 5.46. The van der Waals surface area contributed by atoms with Crippen molar-refractivity contribution >= 4 is 5.84 Å². The quantitative estimate of drug-likeness (QED) is 0.394. The Morgan fingerprint density at radius 1 is 1.14 bits per heavy atom. The number of benzene rings is 1.